The molecule has 0 fully saturated rings. The average Bonchev–Trinajstić information content (AvgIpc) is 3.04. The van der Waals surface area contributed by atoms with E-state index in [1.165, 1.54) is 11.8 Å². The highest BCUT2D eigenvalue weighted by molar-refractivity contribution is 9.10. The minimum atomic E-state index is -0.392. The number of carbonyl (C=O) groups is 1. The number of anilines is 1. The Balaban J connectivity index is 1.66. The van der Waals surface area contributed by atoms with Gasteiger partial charge in [-0.3, -0.25) is 4.79 Å². The summed E-state index contributed by atoms with van der Waals surface area (Å²) in [6.07, 6.45) is 0. The summed E-state index contributed by atoms with van der Waals surface area (Å²) in [7, 11) is 0. The van der Waals surface area contributed by atoms with Gasteiger partial charge in [0, 0.05) is 4.47 Å². The van der Waals surface area contributed by atoms with Gasteiger partial charge in [0.05, 0.1) is 11.7 Å². The van der Waals surface area contributed by atoms with Crippen LogP contribution >= 0.6 is 27.7 Å². The lowest BCUT2D eigenvalue weighted by atomic mass is 10.0. The van der Waals surface area contributed by atoms with E-state index >= 15 is 0 Å². The van der Waals surface area contributed by atoms with Crippen molar-refractivity contribution in [2.24, 2.45) is 0 Å². The molecule has 0 unspecified atom stereocenters. The number of aromatic nitrogens is 3. The molecule has 8 heteroatoms. The van der Waals surface area contributed by atoms with Crippen molar-refractivity contribution >= 4 is 39.3 Å². The highest BCUT2D eigenvalue weighted by Gasteiger charge is 2.37. The molecule has 1 aliphatic heterocycles. The summed E-state index contributed by atoms with van der Waals surface area (Å²) in [6.45, 7) is 3.90. The largest absolute Gasteiger partial charge is 0.324 e. The molecule has 0 saturated heterocycles. The van der Waals surface area contributed by atoms with Gasteiger partial charge in [0.25, 0.3) is 0 Å². The van der Waals surface area contributed by atoms with Gasteiger partial charge in [0.1, 0.15) is 11.1 Å². The molecule has 138 valence electrons. The molecule has 1 aliphatic rings. The second-order valence-corrected chi connectivity index (χ2v) is 8.36. The lowest BCUT2D eigenvalue weighted by Crippen LogP contribution is -2.41. The van der Waals surface area contributed by atoms with Crippen LogP contribution in [0.2, 0.25) is 0 Å². The number of rotatable bonds is 3. The number of fused-ring (bicyclic) bond motifs is 1. The number of hydrogen-bond donors (Lipinski definition) is 2. The first-order valence-electron chi connectivity index (χ1n) is 8.50. The first-order valence-corrected chi connectivity index (χ1v) is 10.2. The highest BCUT2D eigenvalue weighted by atomic mass is 79.9. The van der Waals surface area contributed by atoms with E-state index in [9.17, 15) is 4.79 Å². The van der Waals surface area contributed by atoms with Gasteiger partial charge in [-0.2, -0.15) is 0 Å². The van der Waals surface area contributed by atoms with E-state index in [4.69, 9.17) is 0 Å². The summed E-state index contributed by atoms with van der Waals surface area (Å²) in [6, 6.07) is 15.6. The molecule has 3 aromatic rings. The second kappa shape index (κ2) is 7.36. The molecule has 0 aliphatic carbocycles. The Kier molecular flexibility index (Phi) is 4.92. The molecule has 2 N–H and O–H groups in total. The number of nitrogens with zero attached hydrogens (tertiary/aromatic N) is 3. The van der Waals surface area contributed by atoms with Crippen molar-refractivity contribution < 1.29 is 4.79 Å². The summed E-state index contributed by atoms with van der Waals surface area (Å²) in [4.78, 5) is 13.2. The van der Waals surface area contributed by atoms with Crippen molar-refractivity contribution in [1.82, 2.24) is 14.9 Å². The molecule has 1 amide bonds. The van der Waals surface area contributed by atoms with Gasteiger partial charge in [-0.1, -0.05) is 48.2 Å². The van der Waals surface area contributed by atoms with E-state index < -0.39 is 5.25 Å². The number of hydrogen-bond acceptors (Lipinski definition) is 5. The Hall–Kier alpha value is -2.32. The molecule has 0 bridgehead atoms. The second-order valence-electron chi connectivity index (χ2n) is 6.39. The molecule has 2 aromatic carbocycles. The Morgan fingerprint density at radius 2 is 1.96 bits per heavy atom. The highest BCUT2D eigenvalue weighted by Crippen LogP contribution is 2.37. The molecule has 2 heterocycles. The van der Waals surface area contributed by atoms with Crippen molar-refractivity contribution in [2.75, 3.05) is 10.7 Å². The molecule has 0 saturated carbocycles. The fraction of sp³-hybridized carbons (Fsp3) is 0.211. The maximum Gasteiger partial charge on any atom is 0.240 e. The van der Waals surface area contributed by atoms with Gasteiger partial charge >= 0.3 is 0 Å². The zero-order valence-corrected chi connectivity index (χ0v) is 17.2. The summed E-state index contributed by atoms with van der Waals surface area (Å²) in [5.41, 5.74) is 6.31. The van der Waals surface area contributed by atoms with E-state index in [1.54, 1.807) is 0 Å². The quantitative estimate of drug-likeness (QED) is 0.638. The molecule has 1 aromatic heterocycles. The Morgan fingerprint density at radius 1 is 1.19 bits per heavy atom. The van der Waals surface area contributed by atoms with Crippen LogP contribution < -0.4 is 10.7 Å². The maximum atomic E-state index is 13.2. The fourth-order valence-electron chi connectivity index (χ4n) is 3.00. The van der Waals surface area contributed by atoms with Gasteiger partial charge in [-0.05, 0) is 53.0 Å². The summed E-state index contributed by atoms with van der Waals surface area (Å²) in [5, 5.41) is 11.6. The summed E-state index contributed by atoms with van der Waals surface area (Å²) >= 11 is 4.94. The first-order chi connectivity index (χ1) is 13.0. The van der Waals surface area contributed by atoms with E-state index in [2.05, 4.69) is 36.9 Å². The van der Waals surface area contributed by atoms with Crippen molar-refractivity contribution in [2.45, 2.75) is 30.3 Å². The van der Waals surface area contributed by atoms with Crippen molar-refractivity contribution in [1.29, 1.82) is 0 Å². The van der Waals surface area contributed by atoms with Crippen LogP contribution in [-0.4, -0.2) is 26.0 Å². The lowest BCUT2D eigenvalue weighted by Gasteiger charge is -2.32. The van der Waals surface area contributed by atoms with Crippen LogP contribution in [0.3, 0.4) is 0 Å². The Labute approximate surface area is 169 Å². The minimum Gasteiger partial charge on any atom is -0.324 e. The number of halogens is 1. The molecule has 6 nitrogen and oxygen atoms in total. The van der Waals surface area contributed by atoms with Crippen molar-refractivity contribution in [3.05, 3.63) is 70.0 Å². The van der Waals surface area contributed by atoms with Gasteiger partial charge in [0.15, 0.2) is 0 Å². The molecular weight excluding hydrogens is 426 g/mol. The normalized spacial score (nSPS) is 18.5. The standard InChI is InChI=1S/C19H18BrN5OS/c1-11-8-9-15(14(20)10-11)21-18(26)17-16(13-6-4-3-5-7-13)24-25-12(2)22-23-19(25)27-17/h3-10,16-17,24H,1-2H3,(H,21,26)/t16-,17-/m0/s1. The third-order valence-electron chi connectivity index (χ3n) is 4.40. The smallest absolute Gasteiger partial charge is 0.240 e. The zero-order chi connectivity index (χ0) is 19.0. The summed E-state index contributed by atoms with van der Waals surface area (Å²) in [5.74, 6) is 0.677. The van der Waals surface area contributed by atoms with E-state index in [1.807, 2.05) is 67.1 Å². The van der Waals surface area contributed by atoms with E-state index in [-0.39, 0.29) is 11.9 Å². The first kappa shape index (κ1) is 18.1. The third-order valence-corrected chi connectivity index (χ3v) is 6.27. The van der Waals surface area contributed by atoms with Crippen LogP contribution in [-0.2, 0) is 4.79 Å². The SMILES string of the molecule is Cc1ccc(NC(=O)[C@H]2Sc3nnc(C)n3N[C@H]2c2ccccc2)c(Br)c1. The maximum absolute atomic E-state index is 13.2. The monoisotopic (exact) mass is 443 g/mol. The number of nitrogens with one attached hydrogen (secondary N) is 2. The molecule has 4 rings (SSSR count). The third kappa shape index (κ3) is 3.59. The van der Waals surface area contributed by atoms with Crippen LogP contribution in [0.1, 0.15) is 23.0 Å². The molecular formula is C19H18BrN5OS. The van der Waals surface area contributed by atoms with Crippen LogP contribution in [0.4, 0.5) is 5.69 Å². The summed E-state index contributed by atoms with van der Waals surface area (Å²) < 4.78 is 2.70. The number of benzene rings is 2. The topological polar surface area (TPSA) is 71.8 Å². The van der Waals surface area contributed by atoms with Crippen LogP contribution in [0.25, 0.3) is 0 Å². The molecule has 0 spiro atoms. The predicted octanol–water partition coefficient (Wildman–Crippen LogP) is 4.06. The van der Waals surface area contributed by atoms with Crippen molar-refractivity contribution in [3.8, 4) is 0 Å². The van der Waals surface area contributed by atoms with Gasteiger partial charge in [-0.25, -0.2) is 4.68 Å². The van der Waals surface area contributed by atoms with Crippen molar-refractivity contribution in [3.63, 3.8) is 0 Å². The van der Waals surface area contributed by atoms with E-state index in [0.29, 0.717) is 5.16 Å². The lowest BCUT2D eigenvalue weighted by molar-refractivity contribution is -0.116. The van der Waals surface area contributed by atoms with Gasteiger partial charge < -0.3 is 10.7 Å². The van der Waals surface area contributed by atoms with Gasteiger partial charge in [0.2, 0.25) is 11.1 Å². The Bertz CT molecular complexity index is 991. The Morgan fingerprint density at radius 3 is 2.70 bits per heavy atom. The van der Waals surface area contributed by atoms with E-state index in [0.717, 1.165) is 27.1 Å². The predicted molar refractivity (Wildman–Crippen MR) is 110 cm³/mol. The zero-order valence-electron chi connectivity index (χ0n) is 14.8. The van der Waals surface area contributed by atoms with Crippen LogP contribution in [0.15, 0.2) is 58.2 Å². The minimum absolute atomic E-state index is 0.0854. The van der Waals surface area contributed by atoms with Crippen LogP contribution in [0.5, 0.6) is 0 Å². The number of carbonyl (C=O) groups excluding carboxylic acids is 1. The van der Waals surface area contributed by atoms with Crippen LogP contribution in [0, 0.1) is 13.8 Å². The molecule has 2 atom stereocenters. The fourth-order valence-corrected chi connectivity index (χ4v) is 4.71. The molecule has 0 radical (unpaired) electrons. The number of aryl methyl sites for hydroxylation is 2. The van der Waals surface area contributed by atoms with Gasteiger partial charge in [-0.15, -0.1) is 10.2 Å². The number of amides is 1. The number of thioether (sulfide) groups is 1. The average molecular weight is 444 g/mol. The molecule has 27 heavy (non-hydrogen) atoms.